The normalized spacial score (nSPS) is 10.9. The van der Waals surface area contributed by atoms with E-state index in [1.807, 2.05) is 60.7 Å². The fourth-order valence-electron chi connectivity index (χ4n) is 3.48. The minimum absolute atomic E-state index is 0.122. The summed E-state index contributed by atoms with van der Waals surface area (Å²) >= 11 is 0. The van der Waals surface area contributed by atoms with Crippen LogP contribution in [0.25, 0.3) is 22.4 Å². The Morgan fingerprint density at radius 3 is 2.10 bits per heavy atom. The van der Waals surface area contributed by atoms with Crippen LogP contribution in [-0.4, -0.2) is 46.8 Å². The van der Waals surface area contributed by atoms with E-state index in [-0.39, 0.29) is 11.5 Å². The molecule has 3 rings (SSSR count). The number of carbonyl (C=O) groups excluding carboxylic acids is 1. The molecule has 0 fully saturated rings. The van der Waals surface area contributed by atoms with Gasteiger partial charge in [-0.15, -0.1) is 0 Å². The van der Waals surface area contributed by atoms with Crippen LogP contribution in [0.1, 0.15) is 24.2 Å². The molecule has 0 saturated carbocycles. The molecular formula is C24H28N4O2. The Bertz CT molecular complexity index is 1040. The maximum absolute atomic E-state index is 13.2. The highest BCUT2D eigenvalue weighted by Crippen LogP contribution is 2.31. The molecule has 30 heavy (non-hydrogen) atoms. The van der Waals surface area contributed by atoms with Gasteiger partial charge in [-0.2, -0.15) is 5.10 Å². The Kier molecular flexibility index (Phi) is 7.14. The molecule has 6 nitrogen and oxygen atoms in total. The number of hydrogen-bond donors (Lipinski definition) is 1. The van der Waals surface area contributed by atoms with Crippen molar-refractivity contribution in [2.75, 3.05) is 26.2 Å². The molecule has 0 atom stereocenters. The standard InChI is InChI=1S/C24H28N4O2/c1-4-28(5-2)17-16-25-23(29)21-20(18-12-8-6-9-13-18)22(26-27(3)24(21)30)19-14-10-7-11-15-19/h6-15H,4-5,16-17H2,1-3H3,(H,25,29). The number of amides is 1. The number of carbonyl (C=O) groups is 1. The lowest BCUT2D eigenvalue weighted by atomic mass is 9.95. The highest BCUT2D eigenvalue weighted by atomic mass is 16.2. The predicted octanol–water partition coefficient (Wildman–Crippen LogP) is 3.19. The average Bonchev–Trinajstić information content (AvgIpc) is 2.79. The lowest BCUT2D eigenvalue weighted by molar-refractivity contribution is 0.0947. The summed E-state index contributed by atoms with van der Waals surface area (Å²) in [7, 11) is 1.58. The van der Waals surface area contributed by atoms with Gasteiger partial charge in [0.25, 0.3) is 11.5 Å². The second kappa shape index (κ2) is 9.98. The second-order valence-electron chi connectivity index (χ2n) is 7.04. The van der Waals surface area contributed by atoms with Crippen LogP contribution in [0.3, 0.4) is 0 Å². The van der Waals surface area contributed by atoms with E-state index >= 15 is 0 Å². The van der Waals surface area contributed by atoms with Crippen LogP contribution in [-0.2, 0) is 7.05 Å². The maximum Gasteiger partial charge on any atom is 0.280 e. The topological polar surface area (TPSA) is 67.2 Å². The first-order valence-corrected chi connectivity index (χ1v) is 10.3. The van der Waals surface area contributed by atoms with Gasteiger partial charge in [0.1, 0.15) is 5.56 Å². The summed E-state index contributed by atoms with van der Waals surface area (Å²) in [6.07, 6.45) is 0. The molecule has 1 aromatic heterocycles. The lowest BCUT2D eigenvalue weighted by Crippen LogP contribution is -2.38. The first-order chi connectivity index (χ1) is 14.6. The lowest BCUT2D eigenvalue weighted by Gasteiger charge is -2.19. The zero-order valence-electron chi connectivity index (χ0n) is 17.8. The molecule has 6 heteroatoms. The largest absolute Gasteiger partial charge is 0.351 e. The molecule has 1 amide bonds. The molecular weight excluding hydrogens is 376 g/mol. The van der Waals surface area contributed by atoms with Gasteiger partial charge in [0.05, 0.1) is 5.69 Å². The van der Waals surface area contributed by atoms with Gasteiger partial charge in [-0.25, -0.2) is 4.68 Å². The number of benzene rings is 2. The zero-order chi connectivity index (χ0) is 21.5. The van der Waals surface area contributed by atoms with Crippen LogP contribution in [0.4, 0.5) is 0 Å². The van der Waals surface area contributed by atoms with Crippen LogP contribution in [0.5, 0.6) is 0 Å². The van der Waals surface area contributed by atoms with Crippen molar-refractivity contribution < 1.29 is 4.79 Å². The van der Waals surface area contributed by atoms with Crippen LogP contribution >= 0.6 is 0 Å². The molecule has 1 N–H and O–H groups in total. The Morgan fingerprint density at radius 1 is 0.967 bits per heavy atom. The van der Waals surface area contributed by atoms with Crippen LogP contribution in [0.2, 0.25) is 0 Å². The molecule has 1 heterocycles. The molecule has 156 valence electrons. The van der Waals surface area contributed by atoms with E-state index in [0.717, 1.165) is 30.8 Å². The third-order valence-electron chi connectivity index (χ3n) is 5.19. The van der Waals surface area contributed by atoms with Crippen molar-refractivity contribution in [2.24, 2.45) is 7.05 Å². The SMILES string of the molecule is CCN(CC)CCNC(=O)c1c(-c2ccccc2)c(-c2ccccc2)nn(C)c1=O. The minimum atomic E-state index is -0.408. The summed E-state index contributed by atoms with van der Waals surface area (Å²) in [6.45, 7) is 7.21. The van der Waals surface area contributed by atoms with E-state index in [0.29, 0.717) is 17.8 Å². The number of aromatic nitrogens is 2. The van der Waals surface area contributed by atoms with Crippen LogP contribution < -0.4 is 10.9 Å². The van der Waals surface area contributed by atoms with Gasteiger partial charge in [0.2, 0.25) is 0 Å². The highest BCUT2D eigenvalue weighted by Gasteiger charge is 2.24. The Hall–Kier alpha value is -3.25. The fraction of sp³-hybridized carbons (Fsp3) is 0.292. The van der Waals surface area contributed by atoms with E-state index < -0.39 is 5.56 Å². The van der Waals surface area contributed by atoms with E-state index in [2.05, 4.69) is 29.2 Å². The van der Waals surface area contributed by atoms with Gasteiger partial charge in [0, 0.05) is 31.3 Å². The van der Waals surface area contributed by atoms with E-state index in [1.54, 1.807) is 7.05 Å². The molecule has 2 aromatic carbocycles. The summed E-state index contributed by atoms with van der Waals surface area (Å²) in [6, 6.07) is 19.1. The fourth-order valence-corrected chi connectivity index (χ4v) is 3.48. The number of likely N-dealkylation sites (N-methyl/N-ethyl adjacent to an activating group) is 1. The molecule has 0 aliphatic carbocycles. The number of nitrogens with zero attached hydrogens (tertiary/aromatic N) is 3. The Labute approximate surface area is 177 Å². The molecule has 0 aliphatic rings. The minimum Gasteiger partial charge on any atom is -0.351 e. The van der Waals surface area contributed by atoms with Crippen molar-refractivity contribution >= 4 is 5.91 Å². The number of hydrogen-bond acceptors (Lipinski definition) is 4. The van der Waals surface area contributed by atoms with E-state index in [9.17, 15) is 9.59 Å². The average molecular weight is 405 g/mol. The smallest absolute Gasteiger partial charge is 0.280 e. The Balaban J connectivity index is 2.11. The van der Waals surface area contributed by atoms with Crippen LogP contribution in [0, 0.1) is 0 Å². The monoisotopic (exact) mass is 404 g/mol. The van der Waals surface area contributed by atoms with Crippen molar-refractivity contribution in [3.05, 3.63) is 76.6 Å². The van der Waals surface area contributed by atoms with Crippen molar-refractivity contribution in [3.63, 3.8) is 0 Å². The molecule has 3 aromatic rings. The van der Waals surface area contributed by atoms with Crippen molar-refractivity contribution in [2.45, 2.75) is 13.8 Å². The predicted molar refractivity (Wildman–Crippen MR) is 120 cm³/mol. The molecule has 0 radical (unpaired) electrons. The first-order valence-electron chi connectivity index (χ1n) is 10.3. The van der Waals surface area contributed by atoms with Gasteiger partial charge in [-0.05, 0) is 18.7 Å². The van der Waals surface area contributed by atoms with Gasteiger partial charge in [-0.1, -0.05) is 74.5 Å². The Morgan fingerprint density at radius 2 is 1.53 bits per heavy atom. The molecule has 0 saturated heterocycles. The summed E-state index contributed by atoms with van der Waals surface area (Å²) in [5.74, 6) is -0.374. The number of rotatable bonds is 8. The second-order valence-corrected chi connectivity index (χ2v) is 7.04. The first kappa shape index (κ1) is 21.5. The van der Waals surface area contributed by atoms with Crippen LogP contribution in [0.15, 0.2) is 65.5 Å². The highest BCUT2D eigenvalue weighted by molar-refractivity contribution is 6.03. The quantitative estimate of drug-likeness (QED) is 0.626. The number of nitrogens with one attached hydrogen (secondary N) is 1. The van der Waals surface area contributed by atoms with Crippen molar-refractivity contribution in [1.82, 2.24) is 20.0 Å². The molecule has 0 bridgehead atoms. The molecule has 0 aliphatic heterocycles. The molecule has 0 unspecified atom stereocenters. The van der Waals surface area contributed by atoms with Gasteiger partial charge >= 0.3 is 0 Å². The zero-order valence-corrected chi connectivity index (χ0v) is 17.8. The maximum atomic E-state index is 13.2. The van der Waals surface area contributed by atoms with Crippen molar-refractivity contribution in [3.8, 4) is 22.4 Å². The molecule has 0 spiro atoms. The van der Waals surface area contributed by atoms with Gasteiger partial charge in [0.15, 0.2) is 0 Å². The van der Waals surface area contributed by atoms with Crippen molar-refractivity contribution in [1.29, 1.82) is 0 Å². The summed E-state index contributed by atoms with van der Waals surface area (Å²) in [4.78, 5) is 28.4. The third-order valence-corrected chi connectivity index (χ3v) is 5.19. The van der Waals surface area contributed by atoms with Gasteiger partial charge < -0.3 is 10.2 Å². The summed E-state index contributed by atoms with van der Waals surface area (Å²) in [5.41, 5.74) is 2.52. The summed E-state index contributed by atoms with van der Waals surface area (Å²) < 4.78 is 1.24. The van der Waals surface area contributed by atoms with E-state index in [4.69, 9.17) is 0 Å². The third kappa shape index (κ3) is 4.66. The van der Waals surface area contributed by atoms with Gasteiger partial charge in [-0.3, -0.25) is 9.59 Å². The number of aryl methyl sites for hydroxylation is 1. The van der Waals surface area contributed by atoms with E-state index in [1.165, 1.54) is 4.68 Å². The summed E-state index contributed by atoms with van der Waals surface area (Å²) in [5, 5.41) is 7.45.